The number of morpholine rings is 1. The van der Waals surface area contributed by atoms with Crippen molar-refractivity contribution in [1.82, 2.24) is 19.8 Å². The van der Waals surface area contributed by atoms with Crippen LogP contribution in [0.2, 0.25) is 0 Å². The molecule has 2 aliphatic heterocycles. The quantitative estimate of drug-likeness (QED) is 0.844. The number of amides is 1. The zero-order chi connectivity index (χ0) is 17.9. The maximum Gasteiger partial charge on any atom is 0.272 e. The summed E-state index contributed by atoms with van der Waals surface area (Å²) in [5.41, 5.74) is 2.58. The Balaban J connectivity index is 1.49. The molecule has 0 radical (unpaired) electrons. The van der Waals surface area contributed by atoms with Gasteiger partial charge in [0.1, 0.15) is 5.69 Å². The molecule has 0 saturated carbocycles. The van der Waals surface area contributed by atoms with E-state index in [1.54, 1.807) is 12.3 Å². The number of aryl methyl sites for hydroxylation is 1. The molecule has 2 aliphatic rings. The van der Waals surface area contributed by atoms with Crippen molar-refractivity contribution in [1.29, 1.82) is 0 Å². The molecule has 136 valence electrons. The van der Waals surface area contributed by atoms with Crippen molar-refractivity contribution in [3.63, 3.8) is 0 Å². The van der Waals surface area contributed by atoms with E-state index in [-0.39, 0.29) is 18.1 Å². The van der Waals surface area contributed by atoms with Crippen molar-refractivity contribution in [2.45, 2.75) is 32.0 Å². The van der Waals surface area contributed by atoms with E-state index in [4.69, 9.17) is 4.74 Å². The highest BCUT2D eigenvalue weighted by atomic mass is 16.5. The van der Waals surface area contributed by atoms with Gasteiger partial charge in [-0.15, -0.1) is 0 Å². The first-order valence-electron chi connectivity index (χ1n) is 9.18. The smallest absolute Gasteiger partial charge is 0.272 e. The van der Waals surface area contributed by atoms with Gasteiger partial charge in [0.2, 0.25) is 0 Å². The van der Waals surface area contributed by atoms with E-state index in [1.807, 2.05) is 36.2 Å². The number of nitrogens with zero attached hydrogens (tertiary/aromatic N) is 4. The molecule has 2 aromatic rings. The van der Waals surface area contributed by atoms with Crippen LogP contribution in [0.15, 0.2) is 42.7 Å². The van der Waals surface area contributed by atoms with Gasteiger partial charge < -0.3 is 9.64 Å². The number of piperidine rings is 1. The van der Waals surface area contributed by atoms with E-state index < -0.39 is 0 Å². The number of hydrogen-bond donors (Lipinski definition) is 0. The Bertz CT molecular complexity index is 767. The topological polar surface area (TPSA) is 58.6 Å². The van der Waals surface area contributed by atoms with Crippen LogP contribution in [0.25, 0.3) is 0 Å². The molecule has 4 heterocycles. The number of ether oxygens (including phenoxy) is 1. The Kier molecular flexibility index (Phi) is 4.95. The van der Waals surface area contributed by atoms with E-state index >= 15 is 0 Å². The molecule has 0 unspecified atom stereocenters. The van der Waals surface area contributed by atoms with Crippen molar-refractivity contribution in [2.24, 2.45) is 0 Å². The summed E-state index contributed by atoms with van der Waals surface area (Å²) in [5, 5.41) is 0. The molecule has 0 aromatic carbocycles. The fourth-order valence-electron chi connectivity index (χ4n) is 3.87. The fraction of sp³-hybridized carbons (Fsp3) is 0.450. The van der Waals surface area contributed by atoms with E-state index in [2.05, 4.69) is 20.9 Å². The summed E-state index contributed by atoms with van der Waals surface area (Å²) in [6, 6.07) is 9.87. The molecule has 2 fully saturated rings. The lowest BCUT2D eigenvalue weighted by molar-refractivity contribution is -0.101. The number of rotatable bonds is 3. The van der Waals surface area contributed by atoms with Crippen LogP contribution >= 0.6 is 0 Å². The first-order chi connectivity index (χ1) is 12.7. The number of likely N-dealkylation sites (tertiary alicyclic amines) is 1. The van der Waals surface area contributed by atoms with Gasteiger partial charge in [-0.05, 0) is 37.1 Å². The highest BCUT2D eigenvalue weighted by molar-refractivity contribution is 5.92. The number of hydrogen-bond acceptors (Lipinski definition) is 5. The molecule has 0 bridgehead atoms. The summed E-state index contributed by atoms with van der Waals surface area (Å²) in [7, 11) is 0. The molecule has 0 N–H and O–H groups in total. The van der Waals surface area contributed by atoms with Gasteiger partial charge in [-0.1, -0.05) is 12.1 Å². The SMILES string of the molecule is Cc1cccc(C(=O)N2CC[C@@H]3OCCN(Cc4cccnc4)[C@H]3C2)n1. The molecule has 2 saturated heterocycles. The van der Waals surface area contributed by atoms with Crippen molar-refractivity contribution in [3.05, 3.63) is 59.7 Å². The number of pyridine rings is 2. The van der Waals surface area contributed by atoms with Crippen molar-refractivity contribution < 1.29 is 9.53 Å². The minimum Gasteiger partial charge on any atom is -0.375 e. The lowest BCUT2D eigenvalue weighted by atomic mass is 9.97. The average Bonchev–Trinajstić information content (AvgIpc) is 2.68. The van der Waals surface area contributed by atoms with Gasteiger partial charge in [0.15, 0.2) is 0 Å². The van der Waals surface area contributed by atoms with E-state index in [0.717, 1.165) is 38.4 Å². The first-order valence-corrected chi connectivity index (χ1v) is 9.18. The predicted octanol–water partition coefficient (Wildman–Crippen LogP) is 1.90. The molecule has 26 heavy (non-hydrogen) atoms. The monoisotopic (exact) mass is 352 g/mol. The average molecular weight is 352 g/mol. The molecule has 6 nitrogen and oxygen atoms in total. The van der Waals surface area contributed by atoms with Crippen LogP contribution in [0.4, 0.5) is 0 Å². The third-order valence-electron chi connectivity index (χ3n) is 5.20. The van der Waals surface area contributed by atoms with Crippen LogP contribution < -0.4 is 0 Å². The number of carbonyl (C=O) groups is 1. The second-order valence-corrected chi connectivity index (χ2v) is 7.01. The van der Waals surface area contributed by atoms with Gasteiger partial charge in [-0.25, -0.2) is 4.98 Å². The summed E-state index contributed by atoms with van der Waals surface area (Å²) >= 11 is 0. The Hall–Kier alpha value is -2.31. The normalized spacial score (nSPS) is 23.5. The van der Waals surface area contributed by atoms with E-state index in [0.29, 0.717) is 12.2 Å². The molecule has 4 rings (SSSR count). The third-order valence-corrected chi connectivity index (χ3v) is 5.20. The largest absolute Gasteiger partial charge is 0.375 e. The Morgan fingerprint density at radius 3 is 3.00 bits per heavy atom. The Morgan fingerprint density at radius 2 is 2.19 bits per heavy atom. The zero-order valence-electron chi connectivity index (χ0n) is 15.0. The van der Waals surface area contributed by atoms with Gasteiger partial charge in [0.05, 0.1) is 18.8 Å². The number of aromatic nitrogens is 2. The second-order valence-electron chi connectivity index (χ2n) is 7.01. The first kappa shape index (κ1) is 17.1. The molecular weight excluding hydrogens is 328 g/mol. The predicted molar refractivity (Wildman–Crippen MR) is 97.7 cm³/mol. The summed E-state index contributed by atoms with van der Waals surface area (Å²) in [5.74, 6) is 0.0130. The van der Waals surface area contributed by atoms with Gasteiger partial charge in [-0.2, -0.15) is 0 Å². The maximum atomic E-state index is 12.9. The van der Waals surface area contributed by atoms with Crippen LogP contribution in [-0.4, -0.2) is 64.1 Å². The molecule has 2 aromatic heterocycles. The number of fused-ring (bicyclic) bond motifs is 1. The van der Waals surface area contributed by atoms with Crippen LogP contribution in [0.1, 0.15) is 28.2 Å². The number of carbonyl (C=O) groups excluding carboxylic acids is 1. The summed E-state index contributed by atoms with van der Waals surface area (Å²) in [6.45, 7) is 5.77. The molecule has 0 aliphatic carbocycles. The second kappa shape index (κ2) is 7.51. The van der Waals surface area contributed by atoms with Crippen LogP contribution in [0.5, 0.6) is 0 Å². The van der Waals surface area contributed by atoms with Gasteiger partial charge in [-0.3, -0.25) is 14.7 Å². The molecular formula is C20H24N4O2. The van der Waals surface area contributed by atoms with Crippen molar-refractivity contribution in [3.8, 4) is 0 Å². The summed E-state index contributed by atoms with van der Waals surface area (Å²) in [4.78, 5) is 25.8. The fourth-order valence-corrected chi connectivity index (χ4v) is 3.87. The van der Waals surface area contributed by atoms with Crippen LogP contribution in [0.3, 0.4) is 0 Å². The highest BCUT2D eigenvalue weighted by Gasteiger charge is 2.38. The lowest BCUT2D eigenvalue weighted by Gasteiger charge is -2.47. The zero-order valence-corrected chi connectivity index (χ0v) is 15.0. The standard InChI is InChI=1S/C20H24N4O2/c1-15-4-2-6-17(22-15)20(25)24-9-7-19-18(14-24)23(10-11-26-19)13-16-5-3-8-21-12-16/h2-6,8,12,18-19H,7,9-11,13-14H2,1H3/t18-,19-/m0/s1. The molecule has 0 spiro atoms. The van der Waals surface area contributed by atoms with Gasteiger partial charge in [0, 0.05) is 44.3 Å². The van der Waals surface area contributed by atoms with Crippen molar-refractivity contribution >= 4 is 5.91 Å². The van der Waals surface area contributed by atoms with Gasteiger partial charge in [0.25, 0.3) is 5.91 Å². The molecule has 6 heteroatoms. The van der Waals surface area contributed by atoms with Crippen molar-refractivity contribution in [2.75, 3.05) is 26.2 Å². The summed E-state index contributed by atoms with van der Waals surface area (Å²) < 4.78 is 5.99. The molecule has 1 amide bonds. The Morgan fingerprint density at radius 1 is 1.27 bits per heavy atom. The minimum absolute atomic E-state index is 0.0130. The maximum absolute atomic E-state index is 12.9. The third kappa shape index (κ3) is 3.61. The van der Waals surface area contributed by atoms with Crippen LogP contribution in [-0.2, 0) is 11.3 Å². The van der Waals surface area contributed by atoms with E-state index in [9.17, 15) is 4.79 Å². The van der Waals surface area contributed by atoms with Gasteiger partial charge >= 0.3 is 0 Å². The highest BCUT2D eigenvalue weighted by Crippen LogP contribution is 2.25. The molecule has 2 atom stereocenters. The Labute approximate surface area is 153 Å². The van der Waals surface area contributed by atoms with E-state index in [1.165, 1.54) is 5.56 Å². The summed E-state index contributed by atoms with van der Waals surface area (Å²) in [6.07, 6.45) is 4.76. The minimum atomic E-state index is 0.0130. The van der Waals surface area contributed by atoms with Crippen LogP contribution in [0, 0.1) is 6.92 Å². The lowest BCUT2D eigenvalue weighted by Crippen LogP contribution is -2.60.